The number of fused-ring (bicyclic) bond motifs is 5. The Labute approximate surface area is 250 Å². The molecule has 2 aromatic rings. The number of carbonyl (C=O) groups excluding carboxylic acids is 4. The van der Waals surface area contributed by atoms with Crippen molar-refractivity contribution in [2.24, 2.45) is 39.9 Å². The second-order valence-corrected chi connectivity index (χ2v) is 13.6. The lowest BCUT2D eigenvalue weighted by Crippen LogP contribution is -2.68. The lowest BCUT2D eigenvalue weighted by Gasteiger charge is -2.64. The molecule has 1 aliphatic heterocycles. The molecule has 1 N–H and O–H groups in total. The fourth-order valence-electron chi connectivity index (χ4n) is 9.13. The van der Waals surface area contributed by atoms with E-state index in [2.05, 4.69) is 6.92 Å². The van der Waals surface area contributed by atoms with Crippen molar-refractivity contribution in [1.29, 1.82) is 0 Å². The van der Waals surface area contributed by atoms with Gasteiger partial charge in [-0.15, -0.1) is 0 Å². The van der Waals surface area contributed by atoms with E-state index in [1.807, 2.05) is 20.8 Å². The second kappa shape index (κ2) is 10.2. The summed E-state index contributed by atoms with van der Waals surface area (Å²) in [6, 6.07) is 10.2. The van der Waals surface area contributed by atoms with Crippen LogP contribution in [0.15, 0.2) is 64.5 Å². The minimum absolute atomic E-state index is 0.0777. The molecule has 6 rings (SSSR count). The molecule has 1 aromatic carbocycles. The first-order valence-corrected chi connectivity index (χ1v) is 14.9. The van der Waals surface area contributed by atoms with Gasteiger partial charge in [0.2, 0.25) is 0 Å². The predicted molar refractivity (Wildman–Crippen MR) is 152 cm³/mol. The van der Waals surface area contributed by atoms with Crippen LogP contribution < -0.4 is 4.74 Å². The van der Waals surface area contributed by atoms with Gasteiger partial charge in [0.15, 0.2) is 5.92 Å². The number of aliphatic hydroxyl groups is 1. The normalized spacial score (nSPS) is 35.3. The molecular formula is C34H38O9. The van der Waals surface area contributed by atoms with Crippen LogP contribution in [0.3, 0.4) is 0 Å². The Hall–Kier alpha value is -3.72. The maximum absolute atomic E-state index is 14.5. The van der Waals surface area contributed by atoms with E-state index >= 15 is 0 Å². The van der Waals surface area contributed by atoms with Gasteiger partial charge in [0, 0.05) is 28.2 Å². The topological polar surface area (TPSA) is 129 Å². The van der Waals surface area contributed by atoms with Crippen LogP contribution in [0.25, 0.3) is 0 Å². The van der Waals surface area contributed by atoms with Crippen LogP contribution in [0, 0.1) is 39.9 Å². The number of benzene rings is 1. The zero-order valence-electron chi connectivity index (χ0n) is 25.1. The van der Waals surface area contributed by atoms with E-state index in [0.717, 1.165) is 16.7 Å². The maximum Gasteiger partial charge on any atom is 0.326 e. The van der Waals surface area contributed by atoms with Gasteiger partial charge in [-0.1, -0.05) is 51.5 Å². The first kappa shape index (κ1) is 29.4. The van der Waals surface area contributed by atoms with Gasteiger partial charge in [0.25, 0.3) is 0 Å². The summed E-state index contributed by atoms with van der Waals surface area (Å²) >= 11 is 0. The van der Waals surface area contributed by atoms with Crippen LogP contribution in [0.4, 0.5) is 0 Å². The number of furan rings is 1. The number of cyclic esters (lactones) is 1. The third-order valence-corrected chi connectivity index (χ3v) is 11.1. The Balaban J connectivity index is 1.50. The molecule has 3 fully saturated rings. The van der Waals surface area contributed by atoms with Gasteiger partial charge in [0.1, 0.15) is 17.6 Å². The first-order chi connectivity index (χ1) is 20.4. The molecule has 2 heterocycles. The van der Waals surface area contributed by atoms with Crippen LogP contribution in [0.1, 0.15) is 65.0 Å². The fraction of sp³-hybridized carbons (Fsp3) is 0.529. The van der Waals surface area contributed by atoms with Crippen molar-refractivity contribution >= 4 is 23.7 Å². The van der Waals surface area contributed by atoms with Gasteiger partial charge in [0.05, 0.1) is 32.2 Å². The number of hydrogen-bond acceptors (Lipinski definition) is 9. The Kier molecular flexibility index (Phi) is 6.95. The molecule has 3 aliphatic carbocycles. The Morgan fingerprint density at radius 3 is 2.42 bits per heavy atom. The molecule has 0 amide bonds. The summed E-state index contributed by atoms with van der Waals surface area (Å²) in [7, 11) is 1.20. The minimum Gasteiger partial charge on any atom is -0.472 e. The number of esters is 3. The molecule has 0 radical (unpaired) electrons. The molecular weight excluding hydrogens is 552 g/mol. The van der Waals surface area contributed by atoms with Crippen LogP contribution in [-0.4, -0.2) is 42.0 Å². The third-order valence-electron chi connectivity index (χ3n) is 11.1. The Morgan fingerprint density at radius 2 is 1.77 bits per heavy atom. The molecule has 228 valence electrons. The number of rotatable bonds is 5. The smallest absolute Gasteiger partial charge is 0.326 e. The summed E-state index contributed by atoms with van der Waals surface area (Å²) in [6.07, 6.45) is 3.00. The highest BCUT2D eigenvalue weighted by molar-refractivity contribution is 5.99. The quantitative estimate of drug-likeness (QED) is 0.222. The van der Waals surface area contributed by atoms with Crippen LogP contribution in [-0.2, 0) is 28.7 Å². The molecule has 1 saturated heterocycles. The number of ether oxygens (including phenoxy) is 3. The number of carbonyl (C=O) groups is 4. The number of methoxy groups -OCH3 is 1. The standard InChI is InChI=1S/C34H38O9/c1-32(2)26(25(30(38)40-5)31(39)42-19-9-7-6-8-10-19)34(4)22-11-13-33(3)23(20(22)15-21(27(32)36)28(34)37)16-24(35)43-29(33)18-12-14-41-17-18/h6-10,12,14,17,21-22,25-27,29,36H,11,13,15-16H2,1-5H3/t21-,22-,25+,26-,27+,29-,33+,34+/m0/s1. The number of hydrogen-bond donors (Lipinski definition) is 1. The predicted octanol–water partition coefficient (Wildman–Crippen LogP) is 4.99. The summed E-state index contributed by atoms with van der Waals surface area (Å²) in [5.74, 6) is -5.47. The number of para-hydroxylation sites is 1. The van der Waals surface area contributed by atoms with Gasteiger partial charge in [-0.3, -0.25) is 19.2 Å². The average molecular weight is 591 g/mol. The van der Waals surface area contributed by atoms with E-state index in [1.54, 1.807) is 48.9 Å². The van der Waals surface area contributed by atoms with Crippen molar-refractivity contribution in [2.45, 2.75) is 65.6 Å². The summed E-state index contributed by atoms with van der Waals surface area (Å²) in [5.41, 5.74) is -0.176. The van der Waals surface area contributed by atoms with Gasteiger partial charge in [-0.2, -0.15) is 0 Å². The number of Topliss-reactive ketones (excluding diaryl/α,β-unsaturated/α-hetero) is 1. The molecule has 0 unspecified atom stereocenters. The van der Waals surface area contributed by atoms with Crippen LogP contribution in [0.5, 0.6) is 5.75 Å². The molecule has 8 atom stereocenters. The Morgan fingerprint density at radius 1 is 1.05 bits per heavy atom. The van der Waals surface area contributed by atoms with Gasteiger partial charge < -0.3 is 23.7 Å². The number of allylic oxidation sites excluding steroid dienone is 1. The average Bonchev–Trinajstić information content (AvgIpc) is 3.51. The highest BCUT2D eigenvalue weighted by Gasteiger charge is 2.70. The highest BCUT2D eigenvalue weighted by atomic mass is 16.6. The molecule has 9 heteroatoms. The van der Waals surface area contributed by atoms with E-state index in [9.17, 15) is 24.3 Å². The van der Waals surface area contributed by atoms with Crippen LogP contribution >= 0.6 is 0 Å². The van der Waals surface area contributed by atoms with Crippen molar-refractivity contribution < 1.29 is 42.9 Å². The molecule has 4 aliphatic rings. The van der Waals surface area contributed by atoms with Gasteiger partial charge in [-0.25, -0.2) is 0 Å². The van der Waals surface area contributed by atoms with E-state index in [-0.39, 0.29) is 29.8 Å². The molecule has 0 spiro atoms. The summed E-state index contributed by atoms with van der Waals surface area (Å²) in [6.45, 7) is 7.53. The lowest BCUT2D eigenvalue weighted by atomic mass is 9.39. The molecule has 9 nitrogen and oxygen atoms in total. The zero-order valence-corrected chi connectivity index (χ0v) is 25.1. The largest absolute Gasteiger partial charge is 0.472 e. The van der Waals surface area contributed by atoms with Gasteiger partial charge in [-0.05, 0) is 54.4 Å². The lowest BCUT2D eigenvalue weighted by molar-refractivity contribution is -0.198. The molecule has 2 bridgehead atoms. The second-order valence-electron chi connectivity index (χ2n) is 13.6. The SMILES string of the molecule is COC(=O)[C@H](C(=O)Oc1ccccc1)[C@H]1C(C)(C)[C@H](O)[C@@H]2CC3=C4CC(=O)O[C@@H](c5ccoc5)[C@]4(C)CC[C@@H]3[C@@]1(C)C2=O. The first-order valence-electron chi connectivity index (χ1n) is 14.9. The minimum atomic E-state index is -1.47. The summed E-state index contributed by atoms with van der Waals surface area (Å²) in [4.78, 5) is 54.9. The fourth-order valence-corrected chi connectivity index (χ4v) is 9.13. The highest BCUT2D eigenvalue weighted by Crippen LogP contribution is 2.68. The van der Waals surface area contributed by atoms with Crippen LogP contribution in [0.2, 0.25) is 0 Å². The summed E-state index contributed by atoms with van der Waals surface area (Å²) in [5, 5.41) is 11.8. The molecule has 2 saturated carbocycles. The van der Waals surface area contributed by atoms with E-state index in [1.165, 1.54) is 7.11 Å². The van der Waals surface area contributed by atoms with Crippen molar-refractivity contribution in [2.75, 3.05) is 7.11 Å². The molecule has 43 heavy (non-hydrogen) atoms. The number of aliphatic hydroxyl groups excluding tert-OH is 1. The Bertz CT molecular complexity index is 1490. The van der Waals surface area contributed by atoms with E-state index in [4.69, 9.17) is 18.6 Å². The van der Waals surface area contributed by atoms with E-state index < -0.39 is 58.1 Å². The van der Waals surface area contributed by atoms with E-state index in [0.29, 0.717) is 19.3 Å². The third kappa shape index (κ3) is 4.22. The monoisotopic (exact) mass is 590 g/mol. The molecule has 1 aromatic heterocycles. The zero-order chi connectivity index (χ0) is 30.9. The van der Waals surface area contributed by atoms with Crippen molar-refractivity contribution in [3.8, 4) is 5.75 Å². The van der Waals surface area contributed by atoms with Gasteiger partial charge >= 0.3 is 17.9 Å². The maximum atomic E-state index is 14.5. The summed E-state index contributed by atoms with van der Waals surface area (Å²) < 4.78 is 22.1. The van der Waals surface area contributed by atoms with Crippen molar-refractivity contribution in [3.63, 3.8) is 0 Å². The van der Waals surface area contributed by atoms with Crippen molar-refractivity contribution in [1.82, 2.24) is 0 Å². The number of ketones is 1. The van der Waals surface area contributed by atoms with Crippen molar-refractivity contribution in [3.05, 3.63) is 65.6 Å².